The first-order valence-corrected chi connectivity index (χ1v) is 6.67. The lowest BCUT2D eigenvalue weighted by Gasteiger charge is -2.23. The number of hydrogen-bond acceptors (Lipinski definition) is 3. The Kier molecular flexibility index (Phi) is 7.13. The van der Waals surface area contributed by atoms with Crippen molar-refractivity contribution in [3.05, 3.63) is 30.3 Å². The topological polar surface area (TPSA) is 95.7 Å². The number of rotatable bonds is 8. The first kappa shape index (κ1) is 16.0. The van der Waals surface area contributed by atoms with E-state index in [4.69, 9.17) is 10.8 Å². The Morgan fingerprint density at radius 3 is 2.50 bits per heavy atom. The largest absolute Gasteiger partial charge is 0.481 e. The Morgan fingerprint density at radius 2 is 1.90 bits per heavy atom. The number of carboxylic acid groups (broad SMARTS) is 1. The number of hydrogen-bond donors (Lipinski definition) is 3. The summed E-state index contributed by atoms with van der Waals surface area (Å²) in [6.45, 7) is 1.40. The summed E-state index contributed by atoms with van der Waals surface area (Å²) in [4.78, 5) is 24.2. The van der Waals surface area contributed by atoms with Crippen LogP contribution in [0.2, 0.25) is 0 Å². The first-order valence-electron chi connectivity index (χ1n) is 6.67. The molecule has 1 aromatic carbocycles. The van der Waals surface area contributed by atoms with E-state index in [1.807, 2.05) is 30.3 Å². The summed E-state index contributed by atoms with van der Waals surface area (Å²) in [6.07, 6.45) is 1.16. The van der Waals surface area contributed by atoms with E-state index in [9.17, 15) is 9.59 Å². The molecular weight excluding hydrogens is 258 g/mol. The highest BCUT2D eigenvalue weighted by Crippen LogP contribution is 2.14. The Morgan fingerprint density at radius 1 is 1.20 bits per heavy atom. The van der Waals surface area contributed by atoms with E-state index < -0.39 is 5.97 Å². The molecule has 110 valence electrons. The molecular formula is C14H21N3O3. The van der Waals surface area contributed by atoms with Gasteiger partial charge in [0.2, 0.25) is 0 Å². The molecule has 0 aliphatic rings. The van der Waals surface area contributed by atoms with Crippen molar-refractivity contribution < 1.29 is 14.7 Å². The third-order valence-corrected chi connectivity index (χ3v) is 2.74. The minimum absolute atomic E-state index is 0.0411. The van der Waals surface area contributed by atoms with Gasteiger partial charge in [-0.15, -0.1) is 0 Å². The molecule has 1 aromatic rings. The molecule has 0 aromatic heterocycles. The number of nitrogens with two attached hydrogens (primary N) is 1. The number of amides is 2. The summed E-state index contributed by atoms with van der Waals surface area (Å²) in [7, 11) is 0. The van der Waals surface area contributed by atoms with Crippen LogP contribution >= 0.6 is 0 Å². The van der Waals surface area contributed by atoms with Crippen molar-refractivity contribution >= 4 is 17.7 Å². The molecule has 0 spiro atoms. The van der Waals surface area contributed by atoms with E-state index in [0.717, 1.165) is 5.69 Å². The van der Waals surface area contributed by atoms with E-state index in [1.54, 1.807) is 4.90 Å². The van der Waals surface area contributed by atoms with E-state index in [2.05, 4.69) is 5.32 Å². The number of benzene rings is 1. The second kappa shape index (κ2) is 8.92. The number of aliphatic carboxylic acids is 1. The van der Waals surface area contributed by atoms with E-state index >= 15 is 0 Å². The molecule has 0 radical (unpaired) electrons. The molecule has 0 atom stereocenters. The molecule has 0 aliphatic carbocycles. The van der Waals surface area contributed by atoms with Crippen LogP contribution in [0.15, 0.2) is 30.3 Å². The van der Waals surface area contributed by atoms with Crippen molar-refractivity contribution in [3.8, 4) is 0 Å². The number of anilines is 1. The summed E-state index contributed by atoms with van der Waals surface area (Å²) in [5.41, 5.74) is 6.14. The Labute approximate surface area is 118 Å². The molecule has 0 fully saturated rings. The van der Waals surface area contributed by atoms with Gasteiger partial charge in [-0.3, -0.25) is 9.69 Å². The number of carbonyl (C=O) groups excluding carboxylic acids is 1. The fraction of sp³-hybridized carbons (Fsp3) is 0.429. The van der Waals surface area contributed by atoms with Crippen molar-refractivity contribution in [2.45, 2.75) is 19.3 Å². The highest BCUT2D eigenvalue weighted by atomic mass is 16.4. The number of nitrogens with zero attached hydrogens (tertiary/aromatic N) is 1. The Balaban J connectivity index is 2.63. The molecule has 4 N–H and O–H groups in total. The zero-order chi connectivity index (χ0) is 14.8. The van der Waals surface area contributed by atoms with Gasteiger partial charge >= 0.3 is 12.0 Å². The molecule has 0 heterocycles. The third kappa shape index (κ3) is 5.71. The van der Waals surface area contributed by atoms with Crippen LogP contribution in [0.5, 0.6) is 0 Å². The molecule has 0 saturated carbocycles. The lowest BCUT2D eigenvalue weighted by Crippen LogP contribution is -2.41. The maximum absolute atomic E-state index is 12.1. The van der Waals surface area contributed by atoms with Gasteiger partial charge < -0.3 is 16.2 Å². The van der Waals surface area contributed by atoms with Gasteiger partial charge in [-0.25, -0.2) is 4.79 Å². The lowest BCUT2D eigenvalue weighted by molar-refractivity contribution is -0.137. The summed E-state index contributed by atoms with van der Waals surface area (Å²) >= 11 is 0. The van der Waals surface area contributed by atoms with Crippen molar-refractivity contribution in [2.75, 3.05) is 24.5 Å². The van der Waals surface area contributed by atoms with Crippen molar-refractivity contribution in [1.29, 1.82) is 0 Å². The first-order chi connectivity index (χ1) is 9.65. The average Bonchev–Trinajstić information content (AvgIpc) is 2.44. The maximum Gasteiger partial charge on any atom is 0.321 e. The van der Waals surface area contributed by atoms with Crippen LogP contribution < -0.4 is 16.0 Å². The molecule has 0 saturated heterocycles. The van der Waals surface area contributed by atoms with Gasteiger partial charge in [0.1, 0.15) is 0 Å². The lowest BCUT2D eigenvalue weighted by atomic mass is 10.2. The van der Waals surface area contributed by atoms with E-state index in [1.165, 1.54) is 0 Å². The number of carboxylic acids is 1. The molecule has 0 aliphatic heterocycles. The van der Waals surface area contributed by atoms with Crippen molar-refractivity contribution in [1.82, 2.24) is 5.32 Å². The van der Waals surface area contributed by atoms with E-state index in [0.29, 0.717) is 32.5 Å². The molecule has 1 rings (SSSR count). The maximum atomic E-state index is 12.1. The van der Waals surface area contributed by atoms with Crippen LogP contribution in [0.3, 0.4) is 0 Å². The summed E-state index contributed by atoms with van der Waals surface area (Å²) in [5.74, 6) is -0.860. The van der Waals surface area contributed by atoms with Gasteiger partial charge in [0.25, 0.3) is 0 Å². The van der Waals surface area contributed by atoms with Crippen LogP contribution in [-0.2, 0) is 4.79 Å². The van der Waals surface area contributed by atoms with Gasteiger partial charge in [-0.05, 0) is 31.5 Å². The van der Waals surface area contributed by atoms with Crippen molar-refractivity contribution in [2.24, 2.45) is 5.73 Å². The second-order valence-electron chi connectivity index (χ2n) is 4.36. The normalized spacial score (nSPS) is 10.1. The molecule has 2 amide bonds. The zero-order valence-electron chi connectivity index (χ0n) is 11.4. The van der Waals surface area contributed by atoms with Gasteiger partial charge in [0.05, 0.1) is 0 Å². The van der Waals surface area contributed by atoms with E-state index in [-0.39, 0.29) is 12.5 Å². The standard InChI is InChI=1S/C14H21N3O3/c15-9-5-10-16-14(20)17(11-4-8-13(18)19)12-6-2-1-3-7-12/h1-3,6-7H,4-5,8-11,15H2,(H,16,20)(H,18,19). The Hall–Kier alpha value is -2.08. The fourth-order valence-electron chi connectivity index (χ4n) is 1.74. The number of para-hydroxylation sites is 1. The predicted molar refractivity (Wildman–Crippen MR) is 77.7 cm³/mol. The molecule has 6 nitrogen and oxygen atoms in total. The van der Waals surface area contributed by atoms with Gasteiger partial charge in [-0.1, -0.05) is 18.2 Å². The highest BCUT2D eigenvalue weighted by Gasteiger charge is 2.15. The Bertz CT molecular complexity index is 423. The third-order valence-electron chi connectivity index (χ3n) is 2.74. The SMILES string of the molecule is NCCCNC(=O)N(CCCC(=O)O)c1ccccc1. The fourth-order valence-corrected chi connectivity index (χ4v) is 1.74. The van der Waals surface area contributed by atoms with Crippen LogP contribution in [-0.4, -0.2) is 36.7 Å². The second-order valence-corrected chi connectivity index (χ2v) is 4.36. The monoisotopic (exact) mass is 279 g/mol. The average molecular weight is 279 g/mol. The minimum atomic E-state index is -0.860. The minimum Gasteiger partial charge on any atom is -0.481 e. The molecule has 6 heteroatoms. The summed E-state index contributed by atoms with van der Waals surface area (Å²) in [5, 5.41) is 11.5. The van der Waals surface area contributed by atoms with Gasteiger partial charge in [-0.2, -0.15) is 0 Å². The van der Waals surface area contributed by atoms with Gasteiger partial charge in [0.15, 0.2) is 0 Å². The molecule has 0 unspecified atom stereocenters. The zero-order valence-corrected chi connectivity index (χ0v) is 11.4. The number of urea groups is 1. The predicted octanol–water partition coefficient (Wildman–Crippen LogP) is 1.42. The summed E-state index contributed by atoms with van der Waals surface area (Å²) in [6, 6.07) is 8.96. The molecule has 0 bridgehead atoms. The number of carbonyl (C=O) groups is 2. The quantitative estimate of drug-likeness (QED) is 0.627. The summed E-state index contributed by atoms with van der Waals surface area (Å²) < 4.78 is 0. The van der Waals surface area contributed by atoms with Crippen LogP contribution in [0.25, 0.3) is 0 Å². The number of nitrogens with one attached hydrogen (secondary N) is 1. The van der Waals surface area contributed by atoms with Crippen LogP contribution in [0.1, 0.15) is 19.3 Å². The van der Waals surface area contributed by atoms with Crippen LogP contribution in [0.4, 0.5) is 10.5 Å². The highest BCUT2D eigenvalue weighted by molar-refractivity contribution is 5.91. The van der Waals surface area contributed by atoms with Gasteiger partial charge in [0, 0.05) is 25.2 Å². The van der Waals surface area contributed by atoms with Crippen molar-refractivity contribution in [3.63, 3.8) is 0 Å². The van der Waals surface area contributed by atoms with Crippen LogP contribution in [0, 0.1) is 0 Å². The smallest absolute Gasteiger partial charge is 0.321 e. The molecule has 20 heavy (non-hydrogen) atoms.